The van der Waals surface area contributed by atoms with Gasteiger partial charge in [0.15, 0.2) is 23.3 Å². The zero-order chi connectivity index (χ0) is 70.1. The van der Waals surface area contributed by atoms with Gasteiger partial charge in [-0.2, -0.15) is 20.4 Å². The second-order valence-corrected chi connectivity index (χ2v) is 24.4. The van der Waals surface area contributed by atoms with Crippen molar-refractivity contribution in [1.82, 2.24) is 61.2 Å². The van der Waals surface area contributed by atoms with Gasteiger partial charge in [0.2, 0.25) is 0 Å². The van der Waals surface area contributed by atoms with Crippen molar-refractivity contribution in [2.24, 2.45) is 20.0 Å². The number of likely N-dealkylation sites (N-methyl/N-ethyl adjacent to an activating group) is 1. The number of nitrogens with one attached hydrogen (secondary N) is 6. The van der Waals surface area contributed by atoms with Crippen molar-refractivity contribution in [3.05, 3.63) is 259 Å². The molecular weight excluding hydrogens is 1300 g/mol. The fourth-order valence-corrected chi connectivity index (χ4v) is 11.8. The highest BCUT2D eigenvalue weighted by Gasteiger charge is 2.22. The standard InChI is InChI=1S/C20H18F2N4.3C19H16F2N4/c1-26-10-2-9-23-20(26)14-11-16-18(24-25-19(16)17(22)12-14)8-5-13-3-6-15(21)7-4-13;1-11-10-22-19(23-11)13-8-15-17(24-25-18(15)16(21)9-13)7-4-12-2-5-14(20)6-3-12;1-25-9-8-22-19(25)13-10-15-17(23-24-18(15)16(21)11-13)7-4-12-2-5-14(20)6-3-12;20-14-5-2-12(3-6-14)4-7-17-15-10-13(19-22-8-1-9-23-19)11-16(21)18(15)25-24-17/h3-8,11-12H,2,9-10H2,1H3,(H,24,25);2-9,11H,10H2,1H3,(H,22,23)(H,24,25);2-7,10-11H,8-9H2,1H3,(H,23,24);2-7,10-11H,1,8-9H2,(H,22,23)(H,24,25)/b8-5+;3*7-4+. The SMILES string of the molecule is CC1CN=C(c2cc(F)c3n[nH]c(/C=C/c4ccc(F)cc4)c3c2)N1.CN1CCCN=C1c1cc(F)c2n[nH]c(/C=C/c3ccc(F)cc3)c2c1.CN1CCN=C1c1cc(F)c2n[nH]c(/C=C/c3ccc(F)cc3)c2c1.Fc1ccc(/C=C/c2[nH]nc3c(F)cc(C4=NCCCN4)cc23)cc1. The first-order valence-electron chi connectivity index (χ1n) is 32.6. The van der Waals surface area contributed by atoms with Crippen LogP contribution in [0.4, 0.5) is 35.1 Å². The topological polar surface area (TPSA) is 195 Å². The first kappa shape index (κ1) is 67.5. The third-order valence-corrected chi connectivity index (χ3v) is 17.0. The van der Waals surface area contributed by atoms with E-state index in [0.717, 1.165) is 90.6 Å². The summed E-state index contributed by atoms with van der Waals surface area (Å²) in [5.74, 6) is 0.327. The number of aromatic nitrogens is 8. The Morgan fingerprint density at radius 2 is 0.703 bits per heavy atom. The molecule has 12 aromatic rings. The zero-order valence-electron chi connectivity index (χ0n) is 54.9. The summed E-state index contributed by atoms with van der Waals surface area (Å²) in [4.78, 5) is 21.9. The number of halogens is 8. The Morgan fingerprint density at radius 3 is 1.03 bits per heavy atom. The van der Waals surface area contributed by atoms with Crippen molar-refractivity contribution in [2.45, 2.75) is 25.8 Å². The maximum atomic E-state index is 14.5. The maximum Gasteiger partial charge on any atom is 0.152 e. The fourth-order valence-electron chi connectivity index (χ4n) is 11.8. The van der Waals surface area contributed by atoms with Gasteiger partial charge in [-0.25, -0.2) is 35.1 Å². The predicted octanol–water partition coefficient (Wildman–Crippen LogP) is 15.3. The molecule has 24 heteroatoms. The molecule has 4 aliphatic rings. The normalized spacial score (nSPS) is 15.4. The van der Waals surface area contributed by atoms with Gasteiger partial charge in [-0.3, -0.25) is 40.4 Å². The average Bonchev–Trinajstić information content (AvgIpc) is 1.61. The largest absolute Gasteiger partial charge is 0.370 e. The number of H-pyrrole nitrogens is 4. The van der Waals surface area contributed by atoms with Gasteiger partial charge in [-0.15, -0.1) is 0 Å². The minimum Gasteiger partial charge on any atom is -0.370 e. The predicted molar refractivity (Wildman–Crippen MR) is 386 cm³/mol. The number of benzene rings is 8. The summed E-state index contributed by atoms with van der Waals surface area (Å²) in [5.41, 5.74) is 10.2. The number of rotatable bonds is 12. The number of amidine groups is 4. The molecule has 16 nitrogen and oxygen atoms in total. The van der Waals surface area contributed by atoms with Crippen LogP contribution in [0.3, 0.4) is 0 Å². The van der Waals surface area contributed by atoms with Crippen LogP contribution in [-0.4, -0.2) is 140 Å². The van der Waals surface area contributed by atoms with Gasteiger partial charge in [0, 0.05) is 96.7 Å². The minimum atomic E-state index is -0.394. The van der Waals surface area contributed by atoms with Crippen LogP contribution >= 0.6 is 0 Å². The second kappa shape index (κ2) is 30.4. The third-order valence-electron chi connectivity index (χ3n) is 17.0. The quantitative estimate of drug-likeness (QED) is 0.0650. The number of nitrogens with zero attached hydrogens (tertiary/aromatic N) is 10. The molecular formula is C77H66F8N16. The van der Waals surface area contributed by atoms with Gasteiger partial charge in [0.05, 0.1) is 35.9 Å². The number of aromatic amines is 4. The van der Waals surface area contributed by atoms with Crippen molar-refractivity contribution in [3.63, 3.8) is 0 Å². The number of aliphatic imine (C=N–C) groups is 4. The summed E-state index contributed by atoms with van der Waals surface area (Å²) in [6.07, 6.45) is 16.5. The molecule has 101 heavy (non-hydrogen) atoms. The maximum absolute atomic E-state index is 14.5. The molecule has 0 saturated heterocycles. The van der Waals surface area contributed by atoms with E-state index in [-0.39, 0.29) is 52.3 Å². The molecule has 0 fully saturated rings. The highest BCUT2D eigenvalue weighted by atomic mass is 19.2. The Bertz CT molecular complexity index is 5250. The number of fused-ring (bicyclic) bond motifs is 4. The molecule has 8 heterocycles. The summed E-state index contributed by atoms with van der Waals surface area (Å²) < 4.78 is 110. The fraction of sp³-hybridized carbons (Fsp3) is 0.169. The molecule has 1 atom stereocenters. The van der Waals surface area contributed by atoms with E-state index in [1.807, 2.05) is 97.6 Å². The summed E-state index contributed by atoms with van der Waals surface area (Å²) in [5, 5.41) is 36.9. The van der Waals surface area contributed by atoms with Gasteiger partial charge in [0.1, 0.15) is 68.7 Å². The molecule has 0 amide bonds. The summed E-state index contributed by atoms with van der Waals surface area (Å²) >= 11 is 0. The molecule has 0 spiro atoms. The molecule has 0 aliphatic carbocycles. The van der Waals surface area contributed by atoms with Crippen LogP contribution in [0.15, 0.2) is 166 Å². The van der Waals surface area contributed by atoms with Crippen LogP contribution in [-0.2, 0) is 0 Å². The van der Waals surface area contributed by atoms with Crippen molar-refractivity contribution >= 4 is 116 Å². The Labute approximate surface area is 574 Å². The Balaban J connectivity index is 0.000000120. The summed E-state index contributed by atoms with van der Waals surface area (Å²) in [6.45, 7) is 7.48. The highest BCUT2D eigenvalue weighted by Crippen LogP contribution is 2.29. The van der Waals surface area contributed by atoms with Gasteiger partial charge in [0.25, 0.3) is 0 Å². The Morgan fingerprint density at radius 1 is 0.366 bits per heavy atom. The third kappa shape index (κ3) is 15.9. The lowest BCUT2D eigenvalue weighted by Gasteiger charge is -2.25. The van der Waals surface area contributed by atoms with Crippen molar-refractivity contribution in [1.29, 1.82) is 0 Å². The van der Waals surface area contributed by atoms with E-state index in [9.17, 15) is 35.1 Å². The van der Waals surface area contributed by atoms with E-state index in [1.54, 1.807) is 54.6 Å². The van der Waals surface area contributed by atoms with Crippen LogP contribution in [0.2, 0.25) is 0 Å². The van der Waals surface area contributed by atoms with E-state index in [1.165, 1.54) is 72.8 Å². The molecule has 6 N–H and O–H groups in total. The smallest absolute Gasteiger partial charge is 0.152 e. The van der Waals surface area contributed by atoms with Crippen molar-refractivity contribution < 1.29 is 35.1 Å². The van der Waals surface area contributed by atoms with Crippen LogP contribution in [0, 0.1) is 46.5 Å². The molecule has 0 bridgehead atoms. The lowest BCUT2D eigenvalue weighted by Crippen LogP contribution is -2.32. The first-order chi connectivity index (χ1) is 49.0. The van der Waals surface area contributed by atoms with Gasteiger partial charge >= 0.3 is 0 Å². The molecule has 16 rings (SSSR count). The molecule has 4 aliphatic heterocycles. The van der Waals surface area contributed by atoms with Crippen LogP contribution in [0.25, 0.3) is 92.2 Å². The minimum absolute atomic E-state index is 0.246. The molecule has 510 valence electrons. The number of hydrogen-bond donors (Lipinski definition) is 6. The molecule has 0 radical (unpaired) electrons. The highest BCUT2D eigenvalue weighted by molar-refractivity contribution is 6.07. The first-order valence-corrected chi connectivity index (χ1v) is 32.6. The zero-order valence-corrected chi connectivity index (χ0v) is 54.9. The lowest BCUT2D eigenvalue weighted by molar-refractivity contribution is 0.468. The Hall–Kier alpha value is -12.1. The molecule has 4 aromatic heterocycles. The van der Waals surface area contributed by atoms with Crippen molar-refractivity contribution in [2.75, 3.05) is 59.9 Å². The monoisotopic (exact) mass is 1370 g/mol. The van der Waals surface area contributed by atoms with Crippen LogP contribution in [0.1, 0.15) is 87.0 Å². The van der Waals surface area contributed by atoms with Crippen LogP contribution < -0.4 is 10.6 Å². The molecule has 1 unspecified atom stereocenters. The van der Waals surface area contributed by atoms with E-state index in [2.05, 4.69) is 71.4 Å². The van der Waals surface area contributed by atoms with Gasteiger partial charge in [-0.1, -0.05) is 72.8 Å². The summed E-state index contributed by atoms with van der Waals surface area (Å²) in [7, 11) is 3.91. The van der Waals surface area contributed by atoms with Crippen LogP contribution in [0.5, 0.6) is 0 Å². The lowest BCUT2D eigenvalue weighted by atomic mass is 10.1. The van der Waals surface area contributed by atoms with E-state index < -0.39 is 5.82 Å². The number of hydrogen-bond acceptors (Lipinski definition) is 12. The van der Waals surface area contributed by atoms with Gasteiger partial charge < -0.3 is 20.4 Å². The van der Waals surface area contributed by atoms with Crippen molar-refractivity contribution in [3.8, 4) is 0 Å². The average molecular weight is 1370 g/mol. The van der Waals surface area contributed by atoms with E-state index in [0.29, 0.717) is 96.8 Å². The van der Waals surface area contributed by atoms with Gasteiger partial charge in [-0.05, 0) is 163 Å². The Kier molecular flexibility index (Phi) is 20.3. The summed E-state index contributed by atoms with van der Waals surface area (Å²) in [6, 6.07) is 38.3. The van der Waals surface area contributed by atoms with E-state index in [4.69, 9.17) is 0 Å². The second-order valence-electron chi connectivity index (χ2n) is 24.4. The molecule has 0 saturated carbocycles. The molecule has 8 aromatic carbocycles. The van der Waals surface area contributed by atoms with E-state index >= 15 is 0 Å².